The number of carbonyl (C=O) groups excluding carboxylic acids is 1. The van der Waals surface area contributed by atoms with Gasteiger partial charge in [-0.3, -0.25) is 0 Å². The van der Waals surface area contributed by atoms with Crippen LogP contribution in [0.2, 0.25) is 0 Å². The van der Waals surface area contributed by atoms with Gasteiger partial charge in [0.25, 0.3) is 0 Å². The summed E-state index contributed by atoms with van der Waals surface area (Å²) < 4.78 is 17.1. The lowest BCUT2D eigenvalue weighted by Crippen LogP contribution is -2.50. The first kappa shape index (κ1) is 20.5. The Morgan fingerprint density at radius 1 is 1.24 bits per heavy atom. The number of fused-ring (bicyclic) bond motifs is 2. The molecule has 6 nitrogen and oxygen atoms in total. The summed E-state index contributed by atoms with van der Waals surface area (Å²) in [6, 6.07) is 4.49. The molecule has 1 heterocycles. The zero-order chi connectivity index (χ0) is 21.2. The zero-order valence-electron chi connectivity index (χ0n) is 17.9. The SMILES string of the molecule is COc1ccc(C(=O)O[C@@H]2C[C@]3(C)O[C@@H]3C[C@]3(C)CC[C@](O)(C(C)C)[C@H]23)cc1O. The number of hydrogen-bond donors (Lipinski definition) is 2. The van der Waals surface area contributed by atoms with E-state index in [1.165, 1.54) is 13.2 Å². The van der Waals surface area contributed by atoms with E-state index in [9.17, 15) is 15.0 Å². The highest BCUT2D eigenvalue weighted by molar-refractivity contribution is 5.90. The number of phenolic OH excluding ortho intramolecular Hbond substituents is 1. The van der Waals surface area contributed by atoms with Gasteiger partial charge in [0, 0.05) is 12.3 Å². The van der Waals surface area contributed by atoms with Crippen molar-refractivity contribution in [3.8, 4) is 11.5 Å². The summed E-state index contributed by atoms with van der Waals surface area (Å²) in [5.41, 5.74) is -1.07. The van der Waals surface area contributed by atoms with Crippen molar-refractivity contribution < 1.29 is 29.2 Å². The van der Waals surface area contributed by atoms with Gasteiger partial charge in [-0.05, 0) is 55.7 Å². The molecular weight excluding hydrogens is 372 g/mol. The molecule has 0 bridgehead atoms. The van der Waals surface area contributed by atoms with Crippen molar-refractivity contribution in [2.75, 3.05) is 7.11 Å². The van der Waals surface area contributed by atoms with Crippen LogP contribution in [0.25, 0.3) is 0 Å². The molecule has 2 aliphatic carbocycles. The number of benzene rings is 1. The Kier molecular flexibility index (Phi) is 4.67. The number of aliphatic hydroxyl groups is 1. The van der Waals surface area contributed by atoms with Crippen molar-refractivity contribution in [3.63, 3.8) is 0 Å². The summed E-state index contributed by atoms with van der Waals surface area (Å²) in [4.78, 5) is 13.0. The number of rotatable bonds is 4. The highest BCUT2D eigenvalue weighted by Gasteiger charge is 2.68. The second kappa shape index (κ2) is 6.61. The van der Waals surface area contributed by atoms with Crippen molar-refractivity contribution in [1.82, 2.24) is 0 Å². The summed E-state index contributed by atoms with van der Waals surface area (Å²) in [6.45, 7) is 8.34. The quantitative estimate of drug-likeness (QED) is 0.588. The average Bonchev–Trinajstić information content (AvgIpc) is 3.18. The minimum absolute atomic E-state index is 0.0590. The summed E-state index contributed by atoms with van der Waals surface area (Å²) in [5.74, 6) is -0.404. The maximum Gasteiger partial charge on any atom is 0.338 e. The number of esters is 1. The van der Waals surface area contributed by atoms with Crippen molar-refractivity contribution in [3.05, 3.63) is 23.8 Å². The van der Waals surface area contributed by atoms with Gasteiger partial charge in [-0.2, -0.15) is 0 Å². The number of carbonyl (C=O) groups is 1. The number of methoxy groups -OCH3 is 1. The molecule has 2 N–H and O–H groups in total. The molecule has 29 heavy (non-hydrogen) atoms. The third-order valence-corrected chi connectivity index (χ3v) is 7.72. The van der Waals surface area contributed by atoms with E-state index >= 15 is 0 Å². The molecular formula is C23H32O6. The molecule has 1 aliphatic heterocycles. The predicted molar refractivity (Wildman–Crippen MR) is 107 cm³/mol. The Morgan fingerprint density at radius 3 is 2.59 bits per heavy atom. The standard InChI is InChI=1S/C23H32O6/c1-13(2)23(26)9-8-21(3)12-18-22(4,29-18)11-17(19(21)23)28-20(25)14-6-7-16(27-5)15(24)10-14/h6-7,10,13,17-19,24,26H,8-9,11-12H2,1-5H3/t17-,18-,19-,21+,22+,23+/m1/s1. The Balaban J connectivity index is 1.66. The predicted octanol–water partition coefficient (Wildman–Crippen LogP) is 3.68. The second-order valence-electron chi connectivity index (χ2n) is 9.94. The third kappa shape index (κ3) is 3.21. The van der Waals surface area contributed by atoms with Crippen LogP contribution in [-0.4, -0.2) is 46.7 Å². The van der Waals surface area contributed by atoms with E-state index < -0.39 is 17.7 Å². The van der Waals surface area contributed by atoms with Gasteiger partial charge in [0.15, 0.2) is 11.5 Å². The molecule has 2 saturated carbocycles. The fourth-order valence-corrected chi connectivity index (χ4v) is 5.85. The Hall–Kier alpha value is -1.79. The van der Waals surface area contributed by atoms with Crippen LogP contribution >= 0.6 is 0 Å². The van der Waals surface area contributed by atoms with Crippen molar-refractivity contribution in [2.24, 2.45) is 17.3 Å². The summed E-state index contributed by atoms with van der Waals surface area (Å²) in [6.07, 6.45) is 2.73. The molecule has 0 aromatic heterocycles. The van der Waals surface area contributed by atoms with Gasteiger partial charge in [0.2, 0.25) is 0 Å². The normalized spacial score (nSPS) is 40.7. The van der Waals surface area contributed by atoms with Crippen LogP contribution in [0.5, 0.6) is 11.5 Å². The van der Waals surface area contributed by atoms with E-state index in [1.807, 2.05) is 13.8 Å². The van der Waals surface area contributed by atoms with Gasteiger partial charge in [0.05, 0.1) is 30.0 Å². The molecule has 160 valence electrons. The van der Waals surface area contributed by atoms with Crippen LogP contribution in [0.3, 0.4) is 0 Å². The molecule has 1 aromatic carbocycles. The van der Waals surface area contributed by atoms with E-state index in [1.54, 1.807) is 12.1 Å². The van der Waals surface area contributed by atoms with Crippen molar-refractivity contribution >= 4 is 5.97 Å². The molecule has 0 radical (unpaired) electrons. The maximum atomic E-state index is 13.0. The number of epoxide rings is 1. The molecule has 3 fully saturated rings. The summed E-state index contributed by atoms with van der Waals surface area (Å²) in [5, 5.41) is 21.7. The Bertz CT molecular complexity index is 822. The molecule has 1 aromatic rings. The van der Waals surface area contributed by atoms with Crippen LogP contribution in [-0.2, 0) is 9.47 Å². The van der Waals surface area contributed by atoms with E-state index in [-0.39, 0.29) is 40.3 Å². The van der Waals surface area contributed by atoms with E-state index in [4.69, 9.17) is 14.2 Å². The fraction of sp³-hybridized carbons (Fsp3) is 0.696. The lowest BCUT2D eigenvalue weighted by molar-refractivity contribution is -0.120. The minimum atomic E-state index is -0.880. The summed E-state index contributed by atoms with van der Waals surface area (Å²) in [7, 11) is 1.46. The van der Waals surface area contributed by atoms with E-state index in [0.29, 0.717) is 18.6 Å². The van der Waals surface area contributed by atoms with Gasteiger partial charge in [-0.25, -0.2) is 4.79 Å². The van der Waals surface area contributed by atoms with Crippen LogP contribution in [0.15, 0.2) is 18.2 Å². The highest BCUT2D eigenvalue weighted by atomic mass is 16.6. The van der Waals surface area contributed by atoms with E-state index in [2.05, 4.69) is 13.8 Å². The number of phenols is 1. The van der Waals surface area contributed by atoms with Gasteiger partial charge >= 0.3 is 5.97 Å². The Labute approximate surface area is 172 Å². The van der Waals surface area contributed by atoms with Gasteiger partial charge < -0.3 is 24.4 Å². The molecule has 6 atom stereocenters. The molecule has 0 spiro atoms. The highest BCUT2D eigenvalue weighted by Crippen LogP contribution is 2.63. The third-order valence-electron chi connectivity index (χ3n) is 7.72. The molecule has 3 aliphatic rings. The number of hydrogen-bond acceptors (Lipinski definition) is 6. The lowest BCUT2D eigenvalue weighted by atomic mass is 9.67. The number of aromatic hydroxyl groups is 1. The first-order valence-corrected chi connectivity index (χ1v) is 10.5. The maximum absolute atomic E-state index is 13.0. The zero-order valence-corrected chi connectivity index (χ0v) is 17.9. The lowest BCUT2D eigenvalue weighted by Gasteiger charge is -2.44. The minimum Gasteiger partial charge on any atom is -0.504 e. The first-order chi connectivity index (χ1) is 13.5. The fourth-order valence-electron chi connectivity index (χ4n) is 5.85. The summed E-state index contributed by atoms with van der Waals surface area (Å²) >= 11 is 0. The smallest absolute Gasteiger partial charge is 0.338 e. The molecule has 4 rings (SSSR count). The topological polar surface area (TPSA) is 88.5 Å². The van der Waals surface area contributed by atoms with Gasteiger partial charge in [-0.15, -0.1) is 0 Å². The molecule has 6 heteroatoms. The van der Waals surface area contributed by atoms with Crippen LogP contribution in [0.4, 0.5) is 0 Å². The average molecular weight is 405 g/mol. The second-order valence-corrected chi connectivity index (χ2v) is 9.94. The first-order valence-electron chi connectivity index (χ1n) is 10.5. The molecule has 0 unspecified atom stereocenters. The largest absolute Gasteiger partial charge is 0.504 e. The monoisotopic (exact) mass is 404 g/mol. The number of ether oxygens (including phenoxy) is 3. The van der Waals surface area contributed by atoms with E-state index in [0.717, 1.165) is 12.8 Å². The van der Waals surface area contributed by atoms with Crippen molar-refractivity contribution in [1.29, 1.82) is 0 Å². The van der Waals surface area contributed by atoms with Crippen LogP contribution in [0.1, 0.15) is 63.7 Å². The van der Waals surface area contributed by atoms with Crippen LogP contribution in [0, 0.1) is 17.3 Å². The van der Waals surface area contributed by atoms with Gasteiger partial charge in [-0.1, -0.05) is 20.8 Å². The van der Waals surface area contributed by atoms with Crippen molar-refractivity contribution in [2.45, 2.75) is 76.8 Å². The van der Waals surface area contributed by atoms with Gasteiger partial charge in [0.1, 0.15) is 6.10 Å². The van der Waals surface area contributed by atoms with Crippen LogP contribution < -0.4 is 4.74 Å². The Morgan fingerprint density at radius 2 is 1.97 bits per heavy atom. The molecule has 1 saturated heterocycles. The molecule has 0 amide bonds.